The predicted octanol–water partition coefficient (Wildman–Crippen LogP) is -0.117. The molecule has 0 radical (unpaired) electrons. The molecule has 5 rings (SSSR count). The molecule has 1 saturated heterocycles. The number of carboxylic acid groups (broad SMARTS) is 1. The second kappa shape index (κ2) is 11.0. The van der Waals surface area contributed by atoms with Crippen molar-refractivity contribution >= 4 is 5.97 Å². The van der Waals surface area contributed by atoms with E-state index >= 15 is 0 Å². The quantitative estimate of drug-likeness (QED) is 0.180. The van der Waals surface area contributed by atoms with E-state index in [9.17, 15) is 30.3 Å². The van der Waals surface area contributed by atoms with Crippen molar-refractivity contribution in [1.29, 1.82) is 0 Å². The standard InChI is InChI=1S/C26H31NO12/c1-11(28)8-27-10-36-16-6-5-13-15-9-35-17-7-12(3-4-14(17)21(15)38-22(13)23(16)34-2)37-26-20(31)18(29)19(30)24(39-26)25(32)33/h3-7,11,15,18-21,24,26-31H,8-10H2,1-2H3,(H,32,33)/t11-,15-,18-,19-,20+,21-,24-,26+/m0/s1. The van der Waals surface area contributed by atoms with E-state index in [1.165, 1.54) is 7.11 Å². The number of ether oxygens (including phenoxy) is 6. The van der Waals surface area contributed by atoms with Gasteiger partial charge in [-0.1, -0.05) is 6.07 Å². The minimum absolute atomic E-state index is 0.118. The molecular formula is C26H31NO12. The van der Waals surface area contributed by atoms with Gasteiger partial charge in [0, 0.05) is 23.7 Å². The van der Waals surface area contributed by atoms with Gasteiger partial charge in [-0.05, 0) is 25.1 Å². The maximum absolute atomic E-state index is 11.4. The van der Waals surface area contributed by atoms with E-state index in [-0.39, 0.29) is 24.5 Å². The monoisotopic (exact) mass is 549 g/mol. The normalized spacial score (nSPS) is 29.6. The molecule has 0 aliphatic carbocycles. The average Bonchev–Trinajstić information content (AvgIpc) is 3.29. The van der Waals surface area contributed by atoms with Crippen molar-refractivity contribution in [2.45, 2.75) is 55.8 Å². The van der Waals surface area contributed by atoms with Gasteiger partial charge < -0.3 is 54.0 Å². The number of nitrogens with one attached hydrogen (secondary N) is 1. The largest absolute Gasteiger partial charge is 0.492 e. The summed E-state index contributed by atoms with van der Waals surface area (Å²) in [6.45, 7) is 2.51. The Labute approximate surface area is 223 Å². The van der Waals surface area contributed by atoms with Gasteiger partial charge in [-0.25, -0.2) is 4.79 Å². The lowest BCUT2D eigenvalue weighted by Crippen LogP contribution is -2.61. The highest BCUT2D eigenvalue weighted by Gasteiger charge is 2.48. The maximum Gasteiger partial charge on any atom is 0.335 e. The third kappa shape index (κ3) is 5.16. The van der Waals surface area contributed by atoms with Gasteiger partial charge in [-0.2, -0.15) is 0 Å². The highest BCUT2D eigenvalue weighted by Crippen LogP contribution is 2.56. The number of aliphatic hydroxyl groups excluding tert-OH is 4. The number of benzene rings is 2. The van der Waals surface area contributed by atoms with Crippen LogP contribution in [0.2, 0.25) is 0 Å². The van der Waals surface area contributed by atoms with Crippen LogP contribution in [0, 0.1) is 0 Å². The summed E-state index contributed by atoms with van der Waals surface area (Å²) in [4.78, 5) is 11.4. The summed E-state index contributed by atoms with van der Waals surface area (Å²) in [6.07, 6.45) is -9.48. The Bertz CT molecular complexity index is 1210. The van der Waals surface area contributed by atoms with E-state index in [2.05, 4.69) is 5.32 Å². The third-order valence-corrected chi connectivity index (χ3v) is 6.86. The molecule has 0 saturated carbocycles. The molecule has 0 bridgehead atoms. The Morgan fingerprint density at radius 2 is 1.90 bits per heavy atom. The number of rotatable bonds is 9. The fourth-order valence-electron chi connectivity index (χ4n) is 4.92. The summed E-state index contributed by atoms with van der Waals surface area (Å²) in [5, 5.41) is 51.8. The number of hydrogen-bond donors (Lipinski definition) is 6. The fourth-order valence-corrected chi connectivity index (χ4v) is 4.92. The SMILES string of the molecule is COc1c(OCNC[C@H](C)O)ccc2c1O[C@H]1c3ccc(O[C@@H]4O[C@H](C(=O)O)[C@@H](O)[C@H](O)[C@H]4O)cc3OC[C@@H]21. The Kier molecular flexibility index (Phi) is 7.71. The van der Waals surface area contributed by atoms with E-state index < -0.39 is 42.8 Å². The summed E-state index contributed by atoms with van der Waals surface area (Å²) in [6, 6.07) is 8.57. The molecule has 0 aromatic heterocycles. The van der Waals surface area contributed by atoms with Crippen LogP contribution in [0.4, 0.5) is 0 Å². The van der Waals surface area contributed by atoms with Crippen LogP contribution in [0.5, 0.6) is 28.7 Å². The molecule has 3 aliphatic heterocycles. The van der Waals surface area contributed by atoms with E-state index in [0.717, 1.165) is 11.1 Å². The smallest absolute Gasteiger partial charge is 0.335 e. The Hall–Kier alpha value is -3.33. The molecular weight excluding hydrogens is 518 g/mol. The molecule has 6 N–H and O–H groups in total. The Morgan fingerprint density at radius 1 is 1.13 bits per heavy atom. The van der Waals surface area contributed by atoms with Gasteiger partial charge in [-0.15, -0.1) is 0 Å². The molecule has 13 heteroatoms. The third-order valence-electron chi connectivity index (χ3n) is 6.86. The summed E-state index contributed by atoms with van der Waals surface area (Å²) in [7, 11) is 1.53. The van der Waals surface area contributed by atoms with Gasteiger partial charge >= 0.3 is 5.97 Å². The number of aliphatic hydroxyl groups is 4. The molecule has 0 unspecified atom stereocenters. The fraction of sp³-hybridized carbons (Fsp3) is 0.500. The van der Waals surface area contributed by atoms with Crippen LogP contribution >= 0.6 is 0 Å². The molecule has 3 aliphatic rings. The van der Waals surface area contributed by atoms with Crippen LogP contribution in [0.15, 0.2) is 30.3 Å². The zero-order valence-electron chi connectivity index (χ0n) is 21.2. The number of carbonyl (C=O) groups is 1. The zero-order chi connectivity index (χ0) is 27.8. The lowest BCUT2D eigenvalue weighted by Gasteiger charge is -2.38. The van der Waals surface area contributed by atoms with Crippen LogP contribution in [-0.4, -0.2) is 95.3 Å². The molecule has 13 nitrogen and oxygen atoms in total. The van der Waals surface area contributed by atoms with Gasteiger partial charge in [0.1, 0.15) is 42.6 Å². The summed E-state index contributed by atoms with van der Waals surface area (Å²) in [5.41, 5.74) is 1.64. The molecule has 2 aromatic rings. The first-order valence-electron chi connectivity index (χ1n) is 12.4. The van der Waals surface area contributed by atoms with E-state index in [1.807, 2.05) is 6.07 Å². The number of hydrogen-bond acceptors (Lipinski definition) is 12. The van der Waals surface area contributed by atoms with Crippen LogP contribution < -0.4 is 29.0 Å². The van der Waals surface area contributed by atoms with E-state index in [4.69, 9.17) is 28.4 Å². The molecule has 39 heavy (non-hydrogen) atoms. The van der Waals surface area contributed by atoms with Crippen LogP contribution in [0.25, 0.3) is 0 Å². The first-order valence-corrected chi connectivity index (χ1v) is 12.4. The summed E-state index contributed by atoms with van der Waals surface area (Å²) >= 11 is 0. The minimum Gasteiger partial charge on any atom is -0.492 e. The first-order chi connectivity index (χ1) is 18.7. The van der Waals surface area contributed by atoms with Gasteiger partial charge in [0.2, 0.25) is 12.0 Å². The minimum atomic E-state index is -1.81. The van der Waals surface area contributed by atoms with Crippen LogP contribution in [0.1, 0.15) is 30.1 Å². The second-order valence-corrected chi connectivity index (χ2v) is 9.62. The number of methoxy groups -OCH3 is 1. The van der Waals surface area contributed by atoms with Crippen LogP contribution in [0.3, 0.4) is 0 Å². The average molecular weight is 550 g/mol. The van der Waals surface area contributed by atoms with Crippen molar-refractivity contribution in [3.05, 3.63) is 41.5 Å². The Morgan fingerprint density at radius 3 is 2.62 bits per heavy atom. The highest BCUT2D eigenvalue weighted by molar-refractivity contribution is 5.73. The summed E-state index contributed by atoms with van der Waals surface area (Å²) in [5.74, 6) is 0.503. The molecule has 0 amide bonds. The highest BCUT2D eigenvalue weighted by atomic mass is 16.7. The molecule has 8 atom stereocenters. The number of aliphatic carboxylic acids is 1. The van der Waals surface area contributed by atoms with Gasteiger partial charge in [0.25, 0.3) is 0 Å². The number of carboxylic acids is 1. The van der Waals surface area contributed by atoms with Crippen molar-refractivity contribution in [3.8, 4) is 28.7 Å². The lowest BCUT2D eigenvalue weighted by molar-refractivity contribution is -0.271. The van der Waals surface area contributed by atoms with Crippen molar-refractivity contribution < 1.29 is 58.7 Å². The van der Waals surface area contributed by atoms with E-state index in [1.54, 1.807) is 31.2 Å². The van der Waals surface area contributed by atoms with Crippen molar-refractivity contribution in [2.75, 3.05) is 27.0 Å². The maximum atomic E-state index is 11.4. The zero-order valence-corrected chi connectivity index (χ0v) is 21.2. The van der Waals surface area contributed by atoms with Crippen molar-refractivity contribution in [1.82, 2.24) is 5.32 Å². The van der Waals surface area contributed by atoms with Gasteiger partial charge in [0.15, 0.2) is 17.6 Å². The predicted molar refractivity (Wildman–Crippen MR) is 131 cm³/mol. The summed E-state index contributed by atoms with van der Waals surface area (Å²) < 4.78 is 34.6. The molecule has 3 heterocycles. The topological polar surface area (TPSA) is 186 Å². The number of fused-ring (bicyclic) bond motifs is 5. The van der Waals surface area contributed by atoms with Crippen molar-refractivity contribution in [3.63, 3.8) is 0 Å². The van der Waals surface area contributed by atoms with Gasteiger partial charge in [-0.3, -0.25) is 5.32 Å². The molecule has 2 aromatic carbocycles. The Balaban J connectivity index is 1.32. The van der Waals surface area contributed by atoms with E-state index in [0.29, 0.717) is 36.1 Å². The second-order valence-electron chi connectivity index (χ2n) is 9.62. The van der Waals surface area contributed by atoms with Crippen molar-refractivity contribution in [2.24, 2.45) is 0 Å². The molecule has 1 fully saturated rings. The molecule has 212 valence electrons. The lowest BCUT2D eigenvalue weighted by atomic mass is 9.89. The first kappa shape index (κ1) is 27.2. The van der Waals surface area contributed by atoms with Gasteiger partial charge in [0.05, 0.1) is 25.7 Å². The molecule has 0 spiro atoms. The van der Waals surface area contributed by atoms with Crippen LogP contribution in [-0.2, 0) is 9.53 Å².